The third-order valence-electron chi connectivity index (χ3n) is 5.15. The van der Waals surface area contributed by atoms with Crippen molar-refractivity contribution in [3.8, 4) is 22.5 Å². The van der Waals surface area contributed by atoms with E-state index in [4.69, 9.17) is 0 Å². The van der Waals surface area contributed by atoms with Gasteiger partial charge in [0.1, 0.15) is 5.69 Å². The van der Waals surface area contributed by atoms with E-state index in [9.17, 15) is 8.42 Å². The smallest absolute Gasteiger partial charge is 0.283 e. The Labute approximate surface area is 169 Å². The van der Waals surface area contributed by atoms with Gasteiger partial charge in [-0.1, -0.05) is 60.7 Å². The van der Waals surface area contributed by atoms with Crippen LogP contribution in [0.25, 0.3) is 22.5 Å². The zero-order valence-electron chi connectivity index (χ0n) is 15.8. The molecule has 4 aromatic rings. The summed E-state index contributed by atoms with van der Waals surface area (Å²) in [6, 6.07) is 24.3. The molecule has 0 saturated carbocycles. The van der Waals surface area contributed by atoms with Gasteiger partial charge in [0.05, 0.1) is 10.6 Å². The first kappa shape index (κ1) is 17.7. The third kappa shape index (κ3) is 2.84. The van der Waals surface area contributed by atoms with E-state index >= 15 is 0 Å². The van der Waals surface area contributed by atoms with Crippen molar-refractivity contribution < 1.29 is 8.42 Å². The number of fused-ring (bicyclic) bond motifs is 3. The molecule has 5 rings (SSSR count). The Morgan fingerprint density at radius 2 is 1.69 bits per heavy atom. The maximum atomic E-state index is 13.6. The number of nitrogens with zero attached hydrogens (tertiary/aromatic N) is 2. The van der Waals surface area contributed by atoms with Gasteiger partial charge in [0.15, 0.2) is 0 Å². The molecule has 1 aliphatic rings. The summed E-state index contributed by atoms with van der Waals surface area (Å²) in [5.74, 6) is 0. The van der Waals surface area contributed by atoms with Gasteiger partial charge in [-0.05, 0) is 30.7 Å². The lowest BCUT2D eigenvalue weighted by Gasteiger charge is -2.18. The van der Waals surface area contributed by atoms with Gasteiger partial charge in [0.25, 0.3) is 10.0 Å². The zero-order chi connectivity index (χ0) is 20.0. The van der Waals surface area contributed by atoms with Crippen LogP contribution in [0.15, 0.2) is 83.8 Å². The lowest BCUT2D eigenvalue weighted by molar-refractivity contribution is 0.581. The number of aromatic nitrogens is 2. The fourth-order valence-electron chi connectivity index (χ4n) is 3.77. The van der Waals surface area contributed by atoms with E-state index in [1.165, 1.54) is 4.09 Å². The van der Waals surface area contributed by atoms with Crippen LogP contribution in [0.1, 0.15) is 11.1 Å². The van der Waals surface area contributed by atoms with Crippen molar-refractivity contribution in [2.45, 2.75) is 18.4 Å². The van der Waals surface area contributed by atoms with Crippen molar-refractivity contribution in [3.05, 3.63) is 90.0 Å². The minimum Gasteiger partial charge on any atom is -0.380 e. The Bertz CT molecular complexity index is 1330. The van der Waals surface area contributed by atoms with E-state index in [1.807, 2.05) is 67.6 Å². The first-order chi connectivity index (χ1) is 14.1. The van der Waals surface area contributed by atoms with Crippen LogP contribution in [-0.4, -0.2) is 17.6 Å². The minimum absolute atomic E-state index is 0.232. The highest BCUT2D eigenvalue weighted by molar-refractivity contribution is 7.90. The molecule has 0 atom stereocenters. The number of rotatable bonds is 3. The second-order valence-electron chi connectivity index (χ2n) is 7.11. The molecule has 0 unspecified atom stereocenters. The van der Waals surface area contributed by atoms with Gasteiger partial charge in [-0.15, -0.1) is 0 Å². The highest BCUT2D eigenvalue weighted by atomic mass is 32.2. The number of benzene rings is 3. The lowest BCUT2D eigenvalue weighted by Crippen LogP contribution is -2.16. The summed E-state index contributed by atoms with van der Waals surface area (Å²) in [5.41, 5.74) is 5.75. The Morgan fingerprint density at radius 1 is 0.931 bits per heavy atom. The fraction of sp³-hybridized carbons (Fsp3) is 0.0870. The van der Waals surface area contributed by atoms with Crippen molar-refractivity contribution in [1.82, 2.24) is 9.19 Å². The molecular weight excluding hydrogens is 382 g/mol. The summed E-state index contributed by atoms with van der Waals surface area (Å²) in [6.45, 7) is 2.39. The standard InChI is InChI=1S/C23H19N3O2S/c1-16-8-7-11-18(14-16)29(27,28)26-23(17-9-3-2-4-10-17)20-15-24-21-13-6-5-12-19(21)22(20)25-26/h2-14,24H,15H2,1H3. The number of para-hydroxylation sites is 1. The molecule has 0 radical (unpaired) electrons. The topological polar surface area (TPSA) is 64.0 Å². The summed E-state index contributed by atoms with van der Waals surface area (Å²) in [5, 5.41) is 8.03. The average molecular weight is 401 g/mol. The van der Waals surface area contributed by atoms with E-state index in [0.717, 1.165) is 27.9 Å². The van der Waals surface area contributed by atoms with Gasteiger partial charge < -0.3 is 5.32 Å². The van der Waals surface area contributed by atoms with Gasteiger partial charge in [-0.2, -0.15) is 17.6 Å². The molecule has 0 spiro atoms. The van der Waals surface area contributed by atoms with Crippen LogP contribution in [0.3, 0.4) is 0 Å². The molecule has 0 fully saturated rings. The number of nitrogens with one attached hydrogen (secondary N) is 1. The molecule has 0 aliphatic carbocycles. The number of aryl methyl sites for hydroxylation is 1. The van der Waals surface area contributed by atoms with Crippen LogP contribution in [0.5, 0.6) is 0 Å². The maximum Gasteiger partial charge on any atom is 0.283 e. The summed E-state index contributed by atoms with van der Waals surface area (Å²) in [6.07, 6.45) is 0. The van der Waals surface area contributed by atoms with Crippen LogP contribution in [0, 0.1) is 6.92 Å². The maximum absolute atomic E-state index is 13.6. The fourth-order valence-corrected chi connectivity index (χ4v) is 5.20. The lowest BCUT2D eigenvalue weighted by atomic mass is 9.97. The number of hydrogen-bond acceptors (Lipinski definition) is 4. The third-order valence-corrected chi connectivity index (χ3v) is 6.72. The van der Waals surface area contributed by atoms with Crippen molar-refractivity contribution in [2.75, 3.05) is 5.32 Å². The quantitative estimate of drug-likeness (QED) is 0.541. The van der Waals surface area contributed by atoms with Crippen molar-refractivity contribution in [1.29, 1.82) is 0 Å². The predicted octanol–water partition coefficient (Wildman–Crippen LogP) is 4.69. The molecule has 1 aromatic heterocycles. The molecule has 0 bridgehead atoms. The summed E-state index contributed by atoms with van der Waals surface area (Å²) >= 11 is 0. The Kier molecular flexibility index (Phi) is 4.03. The normalized spacial score (nSPS) is 12.7. The van der Waals surface area contributed by atoms with Gasteiger partial charge in [0.2, 0.25) is 0 Å². The molecule has 1 N–H and O–H groups in total. The molecule has 0 saturated heterocycles. The second-order valence-corrected chi connectivity index (χ2v) is 8.87. The molecular formula is C23H19N3O2S. The second kappa shape index (κ2) is 6.60. The SMILES string of the molecule is Cc1cccc(S(=O)(=O)n2nc3c(c2-c2ccccc2)CNc2ccccc2-3)c1. The van der Waals surface area contributed by atoms with Crippen molar-refractivity contribution >= 4 is 15.7 Å². The van der Waals surface area contributed by atoms with Crippen molar-refractivity contribution in [2.24, 2.45) is 0 Å². The largest absolute Gasteiger partial charge is 0.380 e. The molecule has 5 nitrogen and oxygen atoms in total. The average Bonchev–Trinajstić information content (AvgIpc) is 3.15. The number of anilines is 1. The zero-order valence-corrected chi connectivity index (χ0v) is 16.6. The summed E-state index contributed by atoms with van der Waals surface area (Å²) in [4.78, 5) is 0.232. The first-order valence-electron chi connectivity index (χ1n) is 9.38. The van der Waals surface area contributed by atoms with Crippen molar-refractivity contribution in [3.63, 3.8) is 0 Å². The monoisotopic (exact) mass is 401 g/mol. The first-order valence-corrected chi connectivity index (χ1v) is 10.8. The highest BCUT2D eigenvalue weighted by Gasteiger charge is 2.31. The van der Waals surface area contributed by atoms with Gasteiger partial charge >= 0.3 is 0 Å². The molecule has 6 heteroatoms. The predicted molar refractivity (Wildman–Crippen MR) is 114 cm³/mol. The van der Waals surface area contributed by atoms with Crippen LogP contribution >= 0.6 is 0 Å². The van der Waals surface area contributed by atoms with E-state index in [0.29, 0.717) is 17.9 Å². The van der Waals surface area contributed by atoms with Gasteiger partial charge in [-0.25, -0.2) is 0 Å². The van der Waals surface area contributed by atoms with Gasteiger partial charge in [-0.3, -0.25) is 0 Å². The summed E-state index contributed by atoms with van der Waals surface area (Å²) in [7, 11) is -3.86. The number of hydrogen-bond donors (Lipinski definition) is 1. The molecule has 0 amide bonds. The highest BCUT2D eigenvalue weighted by Crippen LogP contribution is 2.40. The Balaban J connectivity index is 1.82. The van der Waals surface area contributed by atoms with E-state index < -0.39 is 10.0 Å². The molecule has 3 aromatic carbocycles. The van der Waals surface area contributed by atoms with E-state index in [1.54, 1.807) is 18.2 Å². The van der Waals surface area contributed by atoms with Crippen LogP contribution in [-0.2, 0) is 16.6 Å². The molecule has 2 heterocycles. The van der Waals surface area contributed by atoms with Crippen LogP contribution in [0.4, 0.5) is 5.69 Å². The Morgan fingerprint density at radius 3 is 2.48 bits per heavy atom. The van der Waals surface area contributed by atoms with Crippen LogP contribution < -0.4 is 5.32 Å². The molecule has 1 aliphatic heterocycles. The van der Waals surface area contributed by atoms with E-state index in [-0.39, 0.29) is 4.90 Å². The molecule has 144 valence electrons. The molecule has 29 heavy (non-hydrogen) atoms. The summed E-state index contributed by atoms with van der Waals surface area (Å²) < 4.78 is 28.4. The Hall–Kier alpha value is -3.38. The van der Waals surface area contributed by atoms with Crippen LogP contribution in [0.2, 0.25) is 0 Å². The minimum atomic E-state index is -3.86. The van der Waals surface area contributed by atoms with E-state index in [2.05, 4.69) is 10.4 Å². The van der Waals surface area contributed by atoms with Gasteiger partial charge in [0, 0.05) is 28.9 Å².